The predicted octanol–water partition coefficient (Wildman–Crippen LogP) is 8.99. The standard InChI is InChI=1S/C24H38S2/c1-5-9-11-19(7-3)17-21-13-15-23(25-21)24-16-14-22(26-24)18-20(8-4)12-10-6-2/h13-16,19-20H,5-12,17-18H2,1-4H3. The summed E-state index contributed by atoms with van der Waals surface area (Å²) in [7, 11) is 0. The van der Waals surface area contributed by atoms with Crippen molar-refractivity contribution < 1.29 is 0 Å². The van der Waals surface area contributed by atoms with Crippen molar-refractivity contribution in [2.75, 3.05) is 0 Å². The molecule has 0 aliphatic rings. The fourth-order valence-electron chi connectivity index (χ4n) is 3.70. The van der Waals surface area contributed by atoms with E-state index < -0.39 is 0 Å². The van der Waals surface area contributed by atoms with Crippen LogP contribution in [0.15, 0.2) is 24.3 Å². The van der Waals surface area contributed by atoms with Crippen LogP contribution in [-0.2, 0) is 12.8 Å². The van der Waals surface area contributed by atoms with E-state index in [4.69, 9.17) is 0 Å². The zero-order valence-electron chi connectivity index (χ0n) is 17.4. The van der Waals surface area contributed by atoms with E-state index in [0.29, 0.717) is 0 Å². The van der Waals surface area contributed by atoms with Crippen molar-refractivity contribution in [3.63, 3.8) is 0 Å². The first-order valence-electron chi connectivity index (χ1n) is 10.9. The van der Waals surface area contributed by atoms with Crippen LogP contribution in [0.5, 0.6) is 0 Å². The van der Waals surface area contributed by atoms with Crippen molar-refractivity contribution in [1.29, 1.82) is 0 Å². The minimum Gasteiger partial charge on any atom is -0.139 e. The van der Waals surface area contributed by atoms with E-state index in [1.807, 2.05) is 22.7 Å². The summed E-state index contributed by atoms with van der Waals surface area (Å²) in [6, 6.07) is 9.47. The molecule has 0 saturated carbocycles. The molecule has 0 fully saturated rings. The maximum atomic E-state index is 2.38. The second-order valence-corrected chi connectivity index (χ2v) is 10.1. The van der Waals surface area contributed by atoms with Gasteiger partial charge in [-0.25, -0.2) is 0 Å². The Kier molecular flexibility index (Phi) is 9.99. The fraction of sp³-hybridized carbons (Fsp3) is 0.667. The van der Waals surface area contributed by atoms with Crippen LogP contribution in [0.2, 0.25) is 0 Å². The van der Waals surface area contributed by atoms with Crippen LogP contribution < -0.4 is 0 Å². The summed E-state index contributed by atoms with van der Waals surface area (Å²) < 4.78 is 0. The molecule has 0 spiro atoms. The molecule has 0 aliphatic heterocycles. The van der Waals surface area contributed by atoms with E-state index in [1.165, 1.54) is 74.0 Å². The molecule has 2 heteroatoms. The molecule has 26 heavy (non-hydrogen) atoms. The average Bonchev–Trinajstić information content (AvgIpc) is 3.31. The Balaban J connectivity index is 1.95. The van der Waals surface area contributed by atoms with Gasteiger partial charge < -0.3 is 0 Å². The van der Waals surface area contributed by atoms with E-state index in [1.54, 1.807) is 9.75 Å². The molecule has 0 radical (unpaired) electrons. The molecule has 0 amide bonds. The number of thiophene rings is 2. The third-order valence-electron chi connectivity index (χ3n) is 5.63. The van der Waals surface area contributed by atoms with Gasteiger partial charge in [-0.1, -0.05) is 79.1 Å². The van der Waals surface area contributed by atoms with Gasteiger partial charge in [-0.3, -0.25) is 0 Å². The van der Waals surface area contributed by atoms with Gasteiger partial charge in [0, 0.05) is 19.5 Å². The molecule has 2 unspecified atom stereocenters. The van der Waals surface area contributed by atoms with Crippen molar-refractivity contribution in [3.05, 3.63) is 34.0 Å². The van der Waals surface area contributed by atoms with Crippen LogP contribution in [0.25, 0.3) is 9.75 Å². The van der Waals surface area contributed by atoms with Crippen molar-refractivity contribution in [2.45, 2.75) is 91.9 Å². The third kappa shape index (κ3) is 6.85. The zero-order chi connectivity index (χ0) is 18.8. The maximum Gasteiger partial charge on any atom is 0.0445 e. The highest BCUT2D eigenvalue weighted by molar-refractivity contribution is 7.22. The highest BCUT2D eigenvalue weighted by Crippen LogP contribution is 2.36. The Morgan fingerprint density at radius 3 is 1.42 bits per heavy atom. The topological polar surface area (TPSA) is 0 Å². The minimum atomic E-state index is 0.865. The predicted molar refractivity (Wildman–Crippen MR) is 122 cm³/mol. The van der Waals surface area contributed by atoms with Crippen LogP contribution >= 0.6 is 22.7 Å². The lowest BCUT2D eigenvalue weighted by Crippen LogP contribution is -2.01. The summed E-state index contributed by atoms with van der Waals surface area (Å²) in [5, 5.41) is 0. The van der Waals surface area contributed by atoms with Crippen LogP contribution in [-0.4, -0.2) is 0 Å². The molecule has 2 atom stereocenters. The molecule has 0 aliphatic carbocycles. The first-order chi connectivity index (χ1) is 12.7. The molecule has 2 heterocycles. The largest absolute Gasteiger partial charge is 0.139 e. The van der Waals surface area contributed by atoms with E-state index in [-0.39, 0.29) is 0 Å². The van der Waals surface area contributed by atoms with Crippen LogP contribution in [0.1, 0.15) is 88.8 Å². The van der Waals surface area contributed by atoms with Crippen molar-refractivity contribution >= 4 is 22.7 Å². The SMILES string of the molecule is CCCCC(CC)Cc1ccc(-c2ccc(CC(CC)CCCC)s2)s1. The summed E-state index contributed by atoms with van der Waals surface area (Å²) >= 11 is 4.05. The van der Waals surface area contributed by atoms with Crippen molar-refractivity contribution in [2.24, 2.45) is 11.8 Å². The normalized spacial score (nSPS) is 13.8. The van der Waals surface area contributed by atoms with Gasteiger partial charge in [-0.2, -0.15) is 0 Å². The Morgan fingerprint density at radius 2 is 1.08 bits per heavy atom. The molecule has 0 aromatic carbocycles. The van der Waals surface area contributed by atoms with Gasteiger partial charge >= 0.3 is 0 Å². The van der Waals surface area contributed by atoms with Crippen molar-refractivity contribution in [3.8, 4) is 9.75 Å². The summed E-state index contributed by atoms with van der Waals surface area (Å²) in [5.74, 6) is 1.73. The lowest BCUT2D eigenvalue weighted by atomic mass is 9.95. The first kappa shape index (κ1) is 21.7. The maximum absolute atomic E-state index is 2.38. The zero-order valence-corrected chi connectivity index (χ0v) is 19.0. The number of rotatable bonds is 13. The second kappa shape index (κ2) is 12.0. The van der Waals surface area contributed by atoms with Gasteiger partial charge in [0.05, 0.1) is 0 Å². The van der Waals surface area contributed by atoms with Gasteiger partial charge in [0.15, 0.2) is 0 Å². The lowest BCUT2D eigenvalue weighted by Gasteiger charge is -2.12. The van der Waals surface area contributed by atoms with Gasteiger partial charge in [-0.15, -0.1) is 22.7 Å². The number of hydrogen-bond donors (Lipinski definition) is 0. The minimum absolute atomic E-state index is 0.865. The molecule has 0 nitrogen and oxygen atoms in total. The molecular formula is C24H38S2. The molecule has 146 valence electrons. The van der Waals surface area contributed by atoms with E-state index in [0.717, 1.165) is 11.8 Å². The molecular weight excluding hydrogens is 352 g/mol. The quantitative estimate of drug-likeness (QED) is 0.320. The van der Waals surface area contributed by atoms with Crippen LogP contribution in [0, 0.1) is 11.8 Å². The molecule has 2 rings (SSSR count). The van der Waals surface area contributed by atoms with Gasteiger partial charge in [0.25, 0.3) is 0 Å². The summed E-state index contributed by atoms with van der Waals surface area (Å²) in [6.07, 6.45) is 13.3. The van der Waals surface area contributed by atoms with Gasteiger partial charge in [-0.05, 0) is 48.9 Å². The van der Waals surface area contributed by atoms with Gasteiger partial charge in [0.1, 0.15) is 0 Å². The average molecular weight is 391 g/mol. The molecule has 0 N–H and O–H groups in total. The van der Waals surface area contributed by atoms with E-state index in [9.17, 15) is 0 Å². The number of unbranched alkanes of at least 4 members (excludes halogenated alkanes) is 2. The molecule has 2 aromatic rings. The highest BCUT2D eigenvalue weighted by atomic mass is 32.1. The third-order valence-corrected chi connectivity index (χ3v) is 8.04. The molecule has 0 saturated heterocycles. The van der Waals surface area contributed by atoms with E-state index >= 15 is 0 Å². The Hall–Kier alpha value is -0.600. The summed E-state index contributed by atoms with van der Waals surface area (Å²) in [5.41, 5.74) is 0. The van der Waals surface area contributed by atoms with Gasteiger partial charge in [0.2, 0.25) is 0 Å². The Labute approximate surface area is 170 Å². The smallest absolute Gasteiger partial charge is 0.0445 e. The van der Waals surface area contributed by atoms with Crippen LogP contribution in [0.4, 0.5) is 0 Å². The summed E-state index contributed by atoms with van der Waals surface area (Å²) in [4.78, 5) is 6.10. The summed E-state index contributed by atoms with van der Waals surface area (Å²) in [6.45, 7) is 9.30. The van der Waals surface area contributed by atoms with Crippen LogP contribution in [0.3, 0.4) is 0 Å². The lowest BCUT2D eigenvalue weighted by molar-refractivity contribution is 0.452. The Bertz CT molecular complexity index is 553. The van der Waals surface area contributed by atoms with E-state index in [2.05, 4.69) is 52.0 Å². The highest BCUT2D eigenvalue weighted by Gasteiger charge is 2.13. The fourth-order valence-corrected chi connectivity index (χ4v) is 6.03. The monoisotopic (exact) mass is 390 g/mol. The number of hydrogen-bond acceptors (Lipinski definition) is 2. The first-order valence-corrected chi connectivity index (χ1v) is 12.5. The molecule has 0 bridgehead atoms. The van der Waals surface area contributed by atoms with Crippen molar-refractivity contribution in [1.82, 2.24) is 0 Å². The Morgan fingerprint density at radius 1 is 0.654 bits per heavy atom. The molecule has 2 aromatic heterocycles. The second-order valence-electron chi connectivity index (χ2n) is 7.77.